The highest BCUT2D eigenvalue weighted by molar-refractivity contribution is 9.10. The number of nitrogens with one attached hydrogen (secondary N) is 1. The lowest BCUT2D eigenvalue weighted by Crippen LogP contribution is -2.21. The van der Waals surface area contributed by atoms with E-state index in [1.807, 2.05) is 43.3 Å². The van der Waals surface area contributed by atoms with Crippen LogP contribution in [0.1, 0.15) is 21.7 Å². The van der Waals surface area contributed by atoms with Crippen LogP contribution >= 0.6 is 15.9 Å². The second-order valence-electron chi connectivity index (χ2n) is 5.92. The Morgan fingerprint density at radius 1 is 1.15 bits per heavy atom. The number of amides is 1. The largest absolute Gasteiger partial charge is 0.452 e. The van der Waals surface area contributed by atoms with Crippen molar-refractivity contribution in [3.05, 3.63) is 69.9 Å². The number of anilines is 1. The summed E-state index contributed by atoms with van der Waals surface area (Å²) in [7, 11) is 0. The number of halogens is 1. The highest BCUT2D eigenvalue weighted by Crippen LogP contribution is 2.25. The van der Waals surface area contributed by atoms with E-state index in [2.05, 4.69) is 26.4 Å². The van der Waals surface area contributed by atoms with Gasteiger partial charge in [0.25, 0.3) is 5.91 Å². The van der Waals surface area contributed by atoms with Gasteiger partial charge in [0, 0.05) is 15.7 Å². The number of esters is 1. The molecule has 2 aromatic carbocycles. The van der Waals surface area contributed by atoms with Crippen LogP contribution in [-0.4, -0.2) is 23.6 Å². The van der Waals surface area contributed by atoms with Crippen molar-refractivity contribution in [1.82, 2.24) is 5.16 Å². The van der Waals surface area contributed by atoms with Gasteiger partial charge in [-0.1, -0.05) is 57.5 Å². The molecular weight excluding hydrogens is 412 g/mol. The van der Waals surface area contributed by atoms with Gasteiger partial charge in [-0.15, -0.1) is 0 Å². The van der Waals surface area contributed by atoms with Gasteiger partial charge in [0.15, 0.2) is 6.61 Å². The van der Waals surface area contributed by atoms with Crippen LogP contribution in [0, 0.1) is 13.8 Å². The van der Waals surface area contributed by atoms with Gasteiger partial charge in [-0.25, -0.2) is 4.79 Å². The zero-order valence-electron chi connectivity index (χ0n) is 14.8. The monoisotopic (exact) mass is 428 g/mol. The summed E-state index contributed by atoms with van der Waals surface area (Å²) in [5.74, 6) is -0.760. The first-order chi connectivity index (χ1) is 13.0. The van der Waals surface area contributed by atoms with Gasteiger partial charge in [0.05, 0.1) is 0 Å². The van der Waals surface area contributed by atoms with Crippen molar-refractivity contribution in [2.75, 3.05) is 11.9 Å². The molecular formula is C20H17BrN2O4. The standard InChI is InChI=1S/C20H17BrN2O4/c1-12-8-9-15(10-16(12)21)22-17(24)11-26-20(25)18-13(2)27-23-19(18)14-6-4-3-5-7-14/h3-10H,11H2,1-2H3,(H,22,24). The van der Waals surface area contributed by atoms with Crippen molar-refractivity contribution < 1.29 is 18.8 Å². The van der Waals surface area contributed by atoms with Crippen LogP contribution in [0.3, 0.4) is 0 Å². The van der Waals surface area contributed by atoms with Gasteiger partial charge in [-0.2, -0.15) is 0 Å². The molecule has 1 N–H and O–H groups in total. The Kier molecular flexibility index (Phi) is 5.71. The van der Waals surface area contributed by atoms with E-state index in [0.717, 1.165) is 15.6 Å². The van der Waals surface area contributed by atoms with Gasteiger partial charge in [-0.3, -0.25) is 4.79 Å². The molecule has 0 radical (unpaired) electrons. The Morgan fingerprint density at radius 2 is 1.89 bits per heavy atom. The molecule has 0 saturated heterocycles. The number of ether oxygens (including phenoxy) is 1. The van der Waals surface area contributed by atoms with E-state index in [4.69, 9.17) is 9.26 Å². The summed E-state index contributed by atoms with van der Waals surface area (Å²) in [6.07, 6.45) is 0. The number of carbonyl (C=O) groups is 2. The summed E-state index contributed by atoms with van der Waals surface area (Å²) in [4.78, 5) is 24.5. The third kappa shape index (κ3) is 4.43. The van der Waals surface area contributed by atoms with Gasteiger partial charge in [0.1, 0.15) is 17.0 Å². The van der Waals surface area contributed by atoms with Crippen LogP contribution in [0.15, 0.2) is 57.5 Å². The van der Waals surface area contributed by atoms with Crippen LogP contribution < -0.4 is 5.32 Å². The quantitative estimate of drug-likeness (QED) is 0.604. The maximum absolute atomic E-state index is 12.5. The third-order valence-electron chi connectivity index (χ3n) is 3.90. The SMILES string of the molecule is Cc1ccc(NC(=O)COC(=O)c2c(-c3ccccc3)noc2C)cc1Br. The fraction of sp³-hybridized carbons (Fsp3) is 0.150. The Balaban J connectivity index is 1.67. The summed E-state index contributed by atoms with van der Waals surface area (Å²) in [5, 5.41) is 6.62. The average molecular weight is 429 g/mol. The number of aryl methyl sites for hydroxylation is 2. The highest BCUT2D eigenvalue weighted by atomic mass is 79.9. The lowest BCUT2D eigenvalue weighted by molar-refractivity contribution is -0.119. The molecule has 138 valence electrons. The van der Waals surface area contributed by atoms with Crippen molar-refractivity contribution >= 4 is 33.5 Å². The minimum absolute atomic E-state index is 0.215. The van der Waals surface area contributed by atoms with Crippen molar-refractivity contribution in [1.29, 1.82) is 0 Å². The molecule has 6 nitrogen and oxygen atoms in total. The topological polar surface area (TPSA) is 81.4 Å². The predicted octanol–water partition coefficient (Wildman–Crippen LogP) is 4.52. The zero-order valence-corrected chi connectivity index (χ0v) is 16.4. The van der Waals surface area contributed by atoms with Crippen LogP contribution in [0.5, 0.6) is 0 Å². The van der Waals surface area contributed by atoms with Gasteiger partial charge < -0.3 is 14.6 Å². The van der Waals surface area contributed by atoms with E-state index >= 15 is 0 Å². The maximum atomic E-state index is 12.5. The molecule has 1 amide bonds. The fourth-order valence-electron chi connectivity index (χ4n) is 2.48. The molecule has 3 aromatic rings. The summed E-state index contributed by atoms with van der Waals surface area (Å²) in [6, 6.07) is 14.6. The first-order valence-corrected chi connectivity index (χ1v) is 9.00. The summed E-state index contributed by atoms with van der Waals surface area (Å²) in [6.45, 7) is 3.16. The van der Waals surface area contributed by atoms with E-state index < -0.39 is 18.5 Å². The second-order valence-corrected chi connectivity index (χ2v) is 6.77. The molecule has 0 fully saturated rings. The van der Waals surface area contributed by atoms with Crippen LogP contribution in [0.4, 0.5) is 5.69 Å². The number of nitrogens with zero attached hydrogens (tertiary/aromatic N) is 1. The average Bonchev–Trinajstić information content (AvgIpc) is 3.05. The molecule has 7 heteroatoms. The molecule has 0 aliphatic rings. The molecule has 3 rings (SSSR count). The van der Waals surface area contributed by atoms with Gasteiger partial charge >= 0.3 is 5.97 Å². The third-order valence-corrected chi connectivity index (χ3v) is 4.76. The van der Waals surface area contributed by atoms with Crippen molar-refractivity contribution in [2.24, 2.45) is 0 Å². The van der Waals surface area contributed by atoms with Crippen molar-refractivity contribution in [3.8, 4) is 11.3 Å². The zero-order chi connectivity index (χ0) is 19.4. The van der Waals surface area contributed by atoms with E-state index in [1.165, 1.54) is 0 Å². The van der Waals surface area contributed by atoms with Gasteiger partial charge in [-0.05, 0) is 31.5 Å². The molecule has 0 aliphatic carbocycles. The number of aromatic nitrogens is 1. The number of carbonyl (C=O) groups excluding carboxylic acids is 2. The molecule has 0 atom stereocenters. The molecule has 27 heavy (non-hydrogen) atoms. The van der Waals surface area contributed by atoms with Crippen LogP contribution in [0.2, 0.25) is 0 Å². The fourth-order valence-corrected chi connectivity index (χ4v) is 2.86. The molecule has 0 spiro atoms. The molecule has 1 aromatic heterocycles. The normalized spacial score (nSPS) is 10.5. The highest BCUT2D eigenvalue weighted by Gasteiger charge is 2.23. The number of benzene rings is 2. The van der Waals surface area contributed by atoms with Crippen molar-refractivity contribution in [3.63, 3.8) is 0 Å². The van der Waals surface area contributed by atoms with Crippen LogP contribution in [-0.2, 0) is 9.53 Å². The van der Waals surface area contributed by atoms with E-state index in [9.17, 15) is 9.59 Å². The summed E-state index contributed by atoms with van der Waals surface area (Å²) < 4.78 is 11.2. The maximum Gasteiger partial charge on any atom is 0.344 e. The minimum Gasteiger partial charge on any atom is -0.452 e. The van der Waals surface area contributed by atoms with Crippen molar-refractivity contribution in [2.45, 2.75) is 13.8 Å². The first kappa shape index (κ1) is 18.8. The first-order valence-electron chi connectivity index (χ1n) is 8.20. The molecule has 0 unspecified atom stereocenters. The number of hydrogen-bond donors (Lipinski definition) is 1. The van der Waals surface area contributed by atoms with Crippen LogP contribution in [0.25, 0.3) is 11.3 Å². The summed E-state index contributed by atoms with van der Waals surface area (Å²) >= 11 is 3.41. The Labute approximate surface area is 164 Å². The van der Waals surface area contributed by atoms with E-state index in [-0.39, 0.29) is 5.56 Å². The Hall–Kier alpha value is -2.93. The second kappa shape index (κ2) is 8.18. The molecule has 0 saturated carbocycles. The predicted molar refractivity (Wildman–Crippen MR) is 104 cm³/mol. The summed E-state index contributed by atoms with van der Waals surface area (Å²) in [5.41, 5.74) is 3.00. The number of rotatable bonds is 5. The van der Waals surface area contributed by atoms with E-state index in [0.29, 0.717) is 17.1 Å². The molecule has 1 heterocycles. The molecule has 0 bridgehead atoms. The smallest absolute Gasteiger partial charge is 0.344 e. The molecule has 0 aliphatic heterocycles. The van der Waals surface area contributed by atoms with Gasteiger partial charge in [0.2, 0.25) is 0 Å². The van der Waals surface area contributed by atoms with E-state index in [1.54, 1.807) is 19.1 Å². The Bertz CT molecular complexity index is 983. The number of hydrogen-bond acceptors (Lipinski definition) is 5. The lowest BCUT2D eigenvalue weighted by Gasteiger charge is -2.08. The minimum atomic E-state index is -0.659. The lowest BCUT2D eigenvalue weighted by atomic mass is 10.1. The Morgan fingerprint density at radius 3 is 2.59 bits per heavy atom.